The average Bonchev–Trinajstić information content (AvgIpc) is 2.45. The number of methoxy groups -OCH3 is 1. The smallest absolute Gasteiger partial charge is 0.416 e. The molecule has 0 aliphatic carbocycles. The molecule has 2 heterocycles. The molecule has 1 atom stereocenters. The van der Waals surface area contributed by atoms with Crippen molar-refractivity contribution in [2.24, 2.45) is 5.92 Å². The maximum atomic E-state index is 12.3. The number of nitrogens with one attached hydrogen (secondary N) is 1. The number of hydrogen-bond acceptors (Lipinski definition) is 4. The summed E-state index contributed by atoms with van der Waals surface area (Å²) in [6.45, 7) is 7.61. The monoisotopic (exact) mass is 294 g/mol. The maximum Gasteiger partial charge on any atom is 0.416 e. The van der Waals surface area contributed by atoms with Gasteiger partial charge in [0.1, 0.15) is 5.60 Å². The summed E-state index contributed by atoms with van der Waals surface area (Å²) >= 11 is 0. The van der Waals surface area contributed by atoms with Gasteiger partial charge in [0.2, 0.25) is 0 Å². The summed E-state index contributed by atoms with van der Waals surface area (Å²) < 4.78 is 11.1. The third kappa shape index (κ3) is 4.08. The molecule has 1 saturated heterocycles. The minimum absolute atomic E-state index is 0.368. The predicted octanol–water partition coefficient (Wildman–Crippen LogP) is 2.65. The summed E-state index contributed by atoms with van der Waals surface area (Å²) in [5.74, 6) is 0.450. The number of allylic oxidation sites excluding steroid dienone is 2. The molecule has 1 unspecified atom stereocenters. The summed E-state index contributed by atoms with van der Waals surface area (Å²) in [5, 5.41) is 3.36. The first kappa shape index (κ1) is 16.0. The van der Waals surface area contributed by atoms with Gasteiger partial charge < -0.3 is 14.8 Å². The van der Waals surface area contributed by atoms with Gasteiger partial charge in [0.15, 0.2) is 6.23 Å². The molecule has 5 heteroatoms. The summed E-state index contributed by atoms with van der Waals surface area (Å²) in [7, 11) is 1.64. The van der Waals surface area contributed by atoms with Crippen LogP contribution in [-0.2, 0) is 9.47 Å². The van der Waals surface area contributed by atoms with E-state index >= 15 is 0 Å². The van der Waals surface area contributed by atoms with Crippen LogP contribution >= 0.6 is 0 Å². The van der Waals surface area contributed by atoms with Crippen LogP contribution in [0.4, 0.5) is 4.79 Å². The number of carbonyl (C=O) groups excluding carboxylic acids is 1. The molecule has 21 heavy (non-hydrogen) atoms. The van der Waals surface area contributed by atoms with Crippen LogP contribution in [0.5, 0.6) is 0 Å². The van der Waals surface area contributed by atoms with Crippen molar-refractivity contribution in [3.8, 4) is 0 Å². The molecule has 1 N–H and O–H groups in total. The van der Waals surface area contributed by atoms with Crippen LogP contribution in [0.2, 0.25) is 0 Å². The van der Waals surface area contributed by atoms with Crippen molar-refractivity contribution in [2.45, 2.75) is 45.4 Å². The van der Waals surface area contributed by atoms with Crippen LogP contribution in [0.3, 0.4) is 0 Å². The lowest BCUT2D eigenvalue weighted by atomic mass is 9.87. The van der Waals surface area contributed by atoms with Crippen molar-refractivity contribution in [2.75, 3.05) is 20.2 Å². The first-order valence-corrected chi connectivity index (χ1v) is 7.55. The molecule has 0 aromatic carbocycles. The lowest BCUT2D eigenvalue weighted by Gasteiger charge is -2.37. The average molecular weight is 294 g/mol. The van der Waals surface area contributed by atoms with Gasteiger partial charge in [0.25, 0.3) is 0 Å². The van der Waals surface area contributed by atoms with E-state index in [9.17, 15) is 4.79 Å². The maximum absolute atomic E-state index is 12.3. The molecule has 2 aliphatic heterocycles. The van der Waals surface area contributed by atoms with Crippen molar-refractivity contribution in [3.05, 3.63) is 23.9 Å². The molecule has 1 fully saturated rings. The van der Waals surface area contributed by atoms with Crippen LogP contribution in [0.1, 0.15) is 33.6 Å². The van der Waals surface area contributed by atoms with Crippen molar-refractivity contribution < 1.29 is 14.3 Å². The van der Waals surface area contributed by atoms with E-state index < -0.39 is 5.60 Å². The highest BCUT2D eigenvalue weighted by molar-refractivity contribution is 5.70. The SMILES string of the molecule is COC1C(C2CCNCC2)=CC=CN1C(=O)OC(C)(C)C. The number of rotatable bonds is 2. The fraction of sp³-hybridized carbons (Fsp3) is 0.688. The Morgan fingerprint density at radius 1 is 1.33 bits per heavy atom. The van der Waals surface area contributed by atoms with Crippen molar-refractivity contribution >= 4 is 6.09 Å². The van der Waals surface area contributed by atoms with E-state index in [4.69, 9.17) is 9.47 Å². The van der Waals surface area contributed by atoms with Gasteiger partial charge in [-0.2, -0.15) is 0 Å². The van der Waals surface area contributed by atoms with Gasteiger partial charge in [-0.25, -0.2) is 4.79 Å². The van der Waals surface area contributed by atoms with Gasteiger partial charge in [-0.3, -0.25) is 4.90 Å². The highest BCUT2D eigenvalue weighted by atomic mass is 16.6. The molecular weight excluding hydrogens is 268 g/mol. The molecule has 5 nitrogen and oxygen atoms in total. The van der Waals surface area contributed by atoms with E-state index in [-0.39, 0.29) is 12.3 Å². The Morgan fingerprint density at radius 2 is 2.00 bits per heavy atom. The number of piperidine rings is 1. The van der Waals surface area contributed by atoms with E-state index in [1.807, 2.05) is 26.8 Å². The molecule has 0 aromatic rings. The van der Waals surface area contributed by atoms with Gasteiger partial charge >= 0.3 is 6.09 Å². The Morgan fingerprint density at radius 3 is 2.57 bits per heavy atom. The first-order valence-electron chi connectivity index (χ1n) is 7.55. The fourth-order valence-electron chi connectivity index (χ4n) is 2.78. The van der Waals surface area contributed by atoms with Gasteiger partial charge in [-0.1, -0.05) is 6.08 Å². The highest BCUT2D eigenvalue weighted by Gasteiger charge is 2.34. The standard InChI is InChI=1S/C16H26N2O3/c1-16(2,3)21-15(19)18-11-5-6-13(14(18)20-4)12-7-9-17-10-8-12/h5-6,11-12,14,17H,7-10H2,1-4H3. The minimum atomic E-state index is -0.515. The van der Waals surface area contributed by atoms with Crippen molar-refractivity contribution in [1.29, 1.82) is 0 Å². The molecular formula is C16H26N2O3. The topological polar surface area (TPSA) is 50.8 Å². The summed E-state index contributed by atoms with van der Waals surface area (Å²) in [6.07, 6.45) is 7.11. The highest BCUT2D eigenvalue weighted by Crippen LogP contribution is 2.30. The van der Waals surface area contributed by atoms with Crippen molar-refractivity contribution in [1.82, 2.24) is 10.2 Å². The molecule has 0 spiro atoms. The molecule has 2 aliphatic rings. The van der Waals surface area contributed by atoms with E-state index in [1.165, 1.54) is 0 Å². The lowest BCUT2D eigenvalue weighted by Crippen LogP contribution is -2.45. The zero-order valence-electron chi connectivity index (χ0n) is 13.4. The number of ether oxygens (including phenoxy) is 2. The quantitative estimate of drug-likeness (QED) is 0.850. The number of hydrogen-bond donors (Lipinski definition) is 1. The fourth-order valence-corrected chi connectivity index (χ4v) is 2.78. The van der Waals surface area contributed by atoms with Gasteiger partial charge in [0.05, 0.1) is 0 Å². The van der Waals surface area contributed by atoms with E-state index in [2.05, 4.69) is 11.4 Å². The number of carbonyl (C=O) groups is 1. The minimum Gasteiger partial charge on any atom is -0.443 e. The zero-order chi connectivity index (χ0) is 15.5. The van der Waals surface area contributed by atoms with Crippen LogP contribution in [0.25, 0.3) is 0 Å². The second-order valence-electron chi connectivity index (χ2n) is 6.51. The first-order chi connectivity index (χ1) is 9.92. The van der Waals surface area contributed by atoms with Gasteiger partial charge in [-0.05, 0) is 64.3 Å². The lowest BCUT2D eigenvalue weighted by molar-refractivity contribution is -0.0203. The van der Waals surface area contributed by atoms with Crippen molar-refractivity contribution in [3.63, 3.8) is 0 Å². The Balaban J connectivity index is 2.12. The van der Waals surface area contributed by atoms with Crippen LogP contribution in [0.15, 0.2) is 23.9 Å². The van der Waals surface area contributed by atoms with Crippen LogP contribution < -0.4 is 5.32 Å². The third-order valence-corrected chi connectivity index (χ3v) is 3.71. The molecule has 0 radical (unpaired) electrons. The molecule has 1 amide bonds. The van der Waals surface area contributed by atoms with E-state index in [0.29, 0.717) is 5.92 Å². The number of nitrogens with zero attached hydrogens (tertiary/aromatic N) is 1. The zero-order valence-corrected chi connectivity index (χ0v) is 13.4. The Bertz CT molecular complexity index is 431. The summed E-state index contributed by atoms with van der Waals surface area (Å²) in [5.41, 5.74) is 0.645. The second-order valence-corrected chi connectivity index (χ2v) is 6.51. The Kier molecular flexibility index (Phi) is 5.06. The number of amides is 1. The molecule has 118 valence electrons. The Hall–Kier alpha value is -1.33. The van der Waals surface area contributed by atoms with E-state index in [0.717, 1.165) is 31.5 Å². The summed E-state index contributed by atoms with van der Waals surface area (Å²) in [6, 6.07) is 0. The normalized spacial score (nSPS) is 23.9. The Labute approximate surface area is 127 Å². The molecule has 0 aromatic heterocycles. The summed E-state index contributed by atoms with van der Waals surface area (Å²) in [4.78, 5) is 13.9. The largest absolute Gasteiger partial charge is 0.443 e. The van der Waals surface area contributed by atoms with Crippen LogP contribution in [-0.4, -0.2) is 43.0 Å². The molecule has 0 bridgehead atoms. The molecule has 0 saturated carbocycles. The predicted molar refractivity (Wildman–Crippen MR) is 81.7 cm³/mol. The van der Waals surface area contributed by atoms with Gasteiger partial charge in [-0.15, -0.1) is 0 Å². The second kappa shape index (κ2) is 6.62. The molecule has 2 rings (SSSR count). The third-order valence-electron chi connectivity index (χ3n) is 3.71. The van der Waals surface area contributed by atoms with Gasteiger partial charge in [0, 0.05) is 13.3 Å². The van der Waals surface area contributed by atoms with Crippen LogP contribution in [0, 0.1) is 5.92 Å². The van der Waals surface area contributed by atoms with E-state index in [1.54, 1.807) is 18.2 Å².